The van der Waals surface area contributed by atoms with Gasteiger partial charge in [-0.15, -0.1) is 0 Å². The van der Waals surface area contributed by atoms with Gasteiger partial charge < -0.3 is 11.1 Å². The Labute approximate surface area is 111 Å². The highest BCUT2D eigenvalue weighted by Crippen LogP contribution is 2.30. The van der Waals surface area contributed by atoms with E-state index < -0.39 is 0 Å². The van der Waals surface area contributed by atoms with Crippen LogP contribution >= 0.6 is 0 Å². The second-order valence-corrected chi connectivity index (χ2v) is 5.92. The quantitative estimate of drug-likeness (QED) is 0.732. The van der Waals surface area contributed by atoms with Crippen LogP contribution in [0.25, 0.3) is 0 Å². The number of amides is 1. The molecule has 0 spiro atoms. The first kappa shape index (κ1) is 15.4. The highest BCUT2D eigenvalue weighted by Gasteiger charge is 2.34. The van der Waals surface area contributed by atoms with E-state index in [-0.39, 0.29) is 17.5 Å². The van der Waals surface area contributed by atoms with Crippen LogP contribution in [0.5, 0.6) is 0 Å². The fraction of sp³-hybridized carbons (Fsp3) is 0.929. The van der Waals surface area contributed by atoms with E-state index in [1.165, 1.54) is 25.7 Å². The molecule has 1 rings (SSSR count). The third-order valence-electron chi connectivity index (χ3n) is 4.05. The van der Waals surface area contributed by atoms with Crippen LogP contribution in [0.4, 0.5) is 0 Å². The largest absolute Gasteiger partial charge is 0.353 e. The molecular weight excluding hydrogens is 226 g/mol. The lowest BCUT2D eigenvalue weighted by Crippen LogP contribution is -2.55. The topological polar surface area (TPSA) is 58.4 Å². The van der Waals surface area contributed by atoms with Crippen LogP contribution in [0.1, 0.15) is 52.4 Å². The summed E-state index contributed by atoms with van der Waals surface area (Å²) in [5.41, 5.74) is 6.04. The predicted molar refractivity (Wildman–Crippen MR) is 75.4 cm³/mol. The second kappa shape index (κ2) is 7.10. The third kappa shape index (κ3) is 4.25. The maximum Gasteiger partial charge on any atom is 0.234 e. The summed E-state index contributed by atoms with van der Waals surface area (Å²) in [5, 5.41) is 2.95. The highest BCUT2D eigenvalue weighted by atomic mass is 16.2. The van der Waals surface area contributed by atoms with Crippen molar-refractivity contribution < 1.29 is 4.79 Å². The summed E-state index contributed by atoms with van der Waals surface area (Å²) >= 11 is 0. The van der Waals surface area contributed by atoms with Gasteiger partial charge in [0.05, 0.1) is 6.54 Å². The molecule has 1 aliphatic rings. The summed E-state index contributed by atoms with van der Waals surface area (Å²) in [7, 11) is 2.04. The van der Waals surface area contributed by atoms with Crippen molar-refractivity contribution in [3.63, 3.8) is 0 Å². The molecule has 0 aromatic rings. The molecule has 1 amide bonds. The van der Waals surface area contributed by atoms with Gasteiger partial charge in [-0.25, -0.2) is 0 Å². The van der Waals surface area contributed by atoms with Gasteiger partial charge in [0, 0.05) is 18.1 Å². The van der Waals surface area contributed by atoms with E-state index in [9.17, 15) is 4.79 Å². The Morgan fingerprint density at radius 3 is 2.28 bits per heavy atom. The Hall–Kier alpha value is -0.610. The van der Waals surface area contributed by atoms with Crippen LogP contribution in [-0.4, -0.2) is 42.5 Å². The van der Waals surface area contributed by atoms with Crippen molar-refractivity contribution >= 4 is 5.91 Å². The SMILES string of the molecule is CC(C)NC(=O)CN(C)C1(CN)CCCCCC1. The molecule has 18 heavy (non-hydrogen) atoms. The lowest BCUT2D eigenvalue weighted by Gasteiger charge is -2.40. The second-order valence-electron chi connectivity index (χ2n) is 5.92. The molecule has 0 radical (unpaired) electrons. The molecule has 1 aliphatic carbocycles. The molecule has 0 unspecified atom stereocenters. The Morgan fingerprint density at radius 2 is 1.83 bits per heavy atom. The van der Waals surface area contributed by atoms with E-state index in [1.807, 2.05) is 20.9 Å². The van der Waals surface area contributed by atoms with Crippen LogP contribution in [0.15, 0.2) is 0 Å². The number of likely N-dealkylation sites (N-methyl/N-ethyl adjacent to an activating group) is 1. The summed E-state index contributed by atoms with van der Waals surface area (Å²) in [6.45, 7) is 5.08. The van der Waals surface area contributed by atoms with E-state index in [0.717, 1.165) is 12.8 Å². The Balaban J connectivity index is 2.59. The predicted octanol–water partition coefficient (Wildman–Crippen LogP) is 1.49. The number of nitrogens with two attached hydrogens (primary N) is 1. The van der Waals surface area contributed by atoms with Gasteiger partial charge >= 0.3 is 0 Å². The zero-order chi connectivity index (χ0) is 13.6. The molecule has 0 heterocycles. The molecule has 3 N–H and O–H groups in total. The number of carbonyl (C=O) groups excluding carboxylic acids is 1. The van der Waals surface area contributed by atoms with Gasteiger partial charge in [-0.05, 0) is 33.7 Å². The molecule has 1 saturated carbocycles. The van der Waals surface area contributed by atoms with Gasteiger partial charge in [0.2, 0.25) is 5.91 Å². The minimum absolute atomic E-state index is 0.0326. The average molecular weight is 255 g/mol. The van der Waals surface area contributed by atoms with Crippen molar-refractivity contribution in [2.75, 3.05) is 20.1 Å². The Bertz CT molecular complexity index is 258. The summed E-state index contributed by atoms with van der Waals surface area (Å²) in [6, 6.07) is 0.203. The van der Waals surface area contributed by atoms with E-state index in [0.29, 0.717) is 13.1 Å². The maximum atomic E-state index is 11.9. The molecule has 1 fully saturated rings. The van der Waals surface area contributed by atoms with Crippen molar-refractivity contribution in [2.45, 2.75) is 64.0 Å². The van der Waals surface area contributed by atoms with Crippen molar-refractivity contribution in [1.29, 1.82) is 0 Å². The first-order valence-electron chi connectivity index (χ1n) is 7.21. The van der Waals surface area contributed by atoms with Crippen molar-refractivity contribution in [2.24, 2.45) is 5.73 Å². The standard InChI is InChI=1S/C14H29N3O/c1-12(2)16-13(18)10-17(3)14(11-15)8-6-4-5-7-9-14/h12H,4-11,15H2,1-3H3,(H,16,18). The number of hydrogen-bond donors (Lipinski definition) is 2. The van der Waals surface area contributed by atoms with Crippen LogP contribution < -0.4 is 11.1 Å². The van der Waals surface area contributed by atoms with Crippen LogP contribution in [0, 0.1) is 0 Å². The molecule has 0 aromatic carbocycles. The fourth-order valence-corrected chi connectivity index (χ4v) is 2.88. The molecule has 4 heteroatoms. The monoisotopic (exact) mass is 255 g/mol. The van der Waals surface area contributed by atoms with Gasteiger partial charge in [-0.1, -0.05) is 25.7 Å². The van der Waals surface area contributed by atoms with Crippen molar-refractivity contribution in [3.8, 4) is 0 Å². The van der Waals surface area contributed by atoms with E-state index in [2.05, 4.69) is 10.2 Å². The molecule has 0 saturated heterocycles. The van der Waals surface area contributed by atoms with Crippen molar-refractivity contribution in [3.05, 3.63) is 0 Å². The van der Waals surface area contributed by atoms with Crippen LogP contribution in [0.2, 0.25) is 0 Å². The summed E-state index contributed by atoms with van der Waals surface area (Å²) in [4.78, 5) is 14.0. The average Bonchev–Trinajstić information content (AvgIpc) is 2.53. The molecule has 0 aliphatic heterocycles. The number of nitrogens with zero attached hydrogens (tertiary/aromatic N) is 1. The zero-order valence-corrected chi connectivity index (χ0v) is 12.2. The third-order valence-corrected chi connectivity index (χ3v) is 4.05. The van der Waals surface area contributed by atoms with Gasteiger partial charge in [0.25, 0.3) is 0 Å². The number of rotatable bonds is 5. The molecule has 4 nitrogen and oxygen atoms in total. The molecule has 0 atom stereocenters. The van der Waals surface area contributed by atoms with Crippen molar-refractivity contribution in [1.82, 2.24) is 10.2 Å². The van der Waals surface area contributed by atoms with Gasteiger partial charge in [0.15, 0.2) is 0 Å². The van der Waals surface area contributed by atoms with Crippen LogP contribution in [0.3, 0.4) is 0 Å². The highest BCUT2D eigenvalue weighted by molar-refractivity contribution is 5.78. The summed E-state index contributed by atoms with van der Waals surface area (Å²) < 4.78 is 0. The number of nitrogens with one attached hydrogen (secondary N) is 1. The first-order valence-corrected chi connectivity index (χ1v) is 7.21. The lowest BCUT2D eigenvalue weighted by molar-refractivity contribution is -0.124. The minimum Gasteiger partial charge on any atom is -0.353 e. The van der Waals surface area contributed by atoms with Gasteiger partial charge in [0.1, 0.15) is 0 Å². The Kier molecular flexibility index (Phi) is 6.09. The van der Waals surface area contributed by atoms with Gasteiger partial charge in [-0.2, -0.15) is 0 Å². The molecule has 0 aromatic heterocycles. The van der Waals surface area contributed by atoms with E-state index in [1.54, 1.807) is 0 Å². The van der Waals surface area contributed by atoms with E-state index >= 15 is 0 Å². The normalized spacial score (nSPS) is 19.9. The van der Waals surface area contributed by atoms with Crippen LogP contribution in [-0.2, 0) is 4.79 Å². The molecule has 106 valence electrons. The number of carbonyl (C=O) groups is 1. The summed E-state index contributed by atoms with van der Waals surface area (Å²) in [6.07, 6.45) is 7.30. The fourth-order valence-electron chi connectivity index (χ4n) is 2.88. The molecular formula is C14H29N3O. The summed E-state index contributed by atoms with van der Waals surface area (Å²) in [5.74, 6) is 0.101. The number of hydrogen-bond acceptors (Lipinski definition) is 3. The first-order chi connectivity index (χ1) is 8.50. The minimum atomic E-state index is 0.0326. The lowest BCUT2D eigenvalue weighted by atomic mass is 9.88. The maximum absolute atomic E-state index is 11.9. The zero-order valence-electron chi connectivity index (χ0n) is 12.2. The van der Waals surface area contributed by atoms with E-state index in [4.69, 9.17) is 5.73 Å². The Morgan fingerprint density at radius 1 is 1.28 bits per heavy atom. The smallest absolute Gasteiger partial charge is 0.234 e. The van der Waals surface area contributed by atoms with Gasteiger partial charge in [-0.3, -0.25) is 9.69 Å². The molecule has 0 bridgehead atoms.